The molecule has 3 rings (SSSR count). The molecule has 0 aromatic carbocycles. The van der Waals surface area contributed by atoms with Gasteiger partial charge in [-0.05, 0) is 37.4 Å². The predicted molar refractivity (Wildman–Crippen MR) is 78.2 cm³/mol. The van der Waals surface area contributed by atoms with E-state index in [0.29, 0.717) is 6.04 Å². The highest BCUT2D eigenvalue weighted by atomic mass is 15.2. The van der Waals surface area contributed by atoms with Crippen molar-refractivity contribution in [3.8, 4) is 0 Å². The molecule has 0 spiro atoms. The highest BCUT2D eigenvalue weighted by molar-refractivity contribution is 5.55. The number of aromatic nitrogens is 2. The Morgan fingerprint density at radius 1 is 1.32 bits per heavy atom. The number of fused-ring (bicyclic) bond motifs is 1. The standard InChI is InChI=1S/C16H23N3/c1-2-17-16(13-8-4-3-5-9-13)14-12-18-19-11-7-6-10-15(14)19/h6-7,10-13,16-17H,2-5,8-9H2,1H3. The number of hydrogen-bond acceptors (Lipinski definition) is 2. The number of rotatable bonds is 4. The minimum absolute atomic E-state index is 0.463. The molecule has 2 aromatic rings. The van der Waals surface area contributed by atoms with E-state index in [9.17, 15) is 0 Å². The lowest BCUT2D eigenvalue weighted by Gasteiger charge is -2.30. The third-order valence-electron chi connectivity index (χ3n) is 4.34. The van der Waals surface area contributed by atoms with Crippen LogP contribution in [-0.2, 0) is 0 Å². The molecule has 1 aliphatic carbocycles. The molecule has 2 aromatic heterocycles. The van der Waals surface area contributed by atoms with E-state index in [2.05, 4.69) is 35.7 Å². The van der Waals surface area contributed by atoms with Crippen molar-refractivity contribution in [3.63, 3.8) is 0 Å². The summed E-state index contributed by atoms with van der Waals surface area (Å²) in [6, 6.07) is 6.78. The van der Waals surface area contributed by atoms with Gasteiger partial charge in [0, 0.05) is 17.8 Å². The molecule has 3 heteroatoms. The van der Waals surface area contributed by atoms with Crippen LogP contribution in [0.2, 0.25) is 0 Å². The molecule has 1 saturated carbocycles. The van der Waals surface area contributed by atoms with Crippen molar-refractivity contribution < 1.29 is 0 Å². The fourth-order valence-electron chi connectivity index (χ4n) is 3.41. The molecule has 0 amide bonds. The first-order valence-corrected chi connectivity index (χ1v) is 7.56. The Kier molecular flexibility index (Phi) is 3.83. The molecule has 1 aliphatic rings. The van der Waals surface area contributed by atoms with Gasteiger partial charge in [0.2, 0.25) is 0 Å². The first-order valence-electron chi connectivity index (χ1n) is 7.56. The molecule has 3 nitrogen and oxygen atoms in total. The summed E-state index contributed by atoms with van der Waals surface area (Å²) in [7, 11) is 0. The fourth-order valence-corrected chi connectivity index (χ4v) is 3.41. The van der Waals surface area contributed by atoms with Crippen LogP contribution < -0.4 is 5.32 Å². The van der Waals surface area contributed by atoms with Gasteiger partial charge in [-0.3, -0.25) is 0 Å². The minimum atomic E-state index is 0.463. The van der Waals surface area contributed by atoms with Gasteiger partial charge in [-0.25, -0.2) is 4.52 Å². The smallest absolute Gasteiger partial charge is 0.0709 e. The second kappa shape index (κ2) is 5.74. The van der Waals surface area contributed by atoms with Crippen molar-refractivity contribution in [2.24, 2.45) is 5.92 Å². The van der Waals surface area contributed by atoms with Gasteiger partial charge in [0.1, 0.15) is 0 Å². The van der Waals surface area contributed by atoms with Crippen LogP contribution in [0.1, 0.15) is 50.6 Å². The van der Waals surface area contributed by atoms with E-state index in [-0.39, 0.29) is 0 Å². The first kappa shape index (κ1) is 12.7. The number of hydrogen-bond donors (Lipinski definition) is 1. The molecule has 0 bridgehead atoms. The summed E-state index contributed by atoms with van der Waals surface area (Å²) in [4.78, 5) is 0. The van der Waals surface area contributed by atoms with E-state index in [1.807, 2.05) is 16.8 Å². The van der Waals surface area contributed by atoms with Gasteiger partial charge < -0.3 is 5.32 Å². The Bertz CT molecular complexity index is 526. The third kappa shape index (κ3) is 2.52. The molecular formula is C16H23N3. The maximum absolute atomic E-state index is 4.49. The maximum atomic E-state index is 4.49. The van der Waals surface area contributed by atoms with Crippen molar-refractivity contribution in [1.29, 1.82) is 0 Å². The second-order valence-corrected chi connectivity index (χ2v) is 5.56. The molecule has 0 aliphatic heterocycles. The molecule has 1 fully saturated rings. The van der Waals surface area contributed by atoms with E-state index >= 15 is 0 Å². The molecule has 1 atom stereocenters. The Morgan fingerprint density at radius 2 is 2.16 bits per heavy atom. The number of pyridine rings is 1. The monoisotopic (exact) mass is 257 g/mol. The van der Waals surface area contributed by atoms with Crippen molar-refractivity contribution >= 4 is 5.52 Å². The summed E-state index contributed by atoms with van der Waals surface area (Å²) < 4.78 is 1.99. The van der Waals surface area contributed by atoms with Crippen LogP contribution in [-0.4, -0.2) is 16.2 Å². The highest BCUT2D eigenvalue weighted by Crippen LogP contribution is 2.35. The molecule has 1 N–H and O–H groups in total. The second-order valence-electron chi connectivity index (χ2n) is 5.56. The zero-order chi connectivity index (χ0) is 13.1. The molecule has 102 valence electrons. The van der Waals surface area contributed by atoms with Crippen LogP contribution in [0, 0.1) is 5.92 Å². The lowest BCUT2D eigenvalue weighted by atomic mass is 9.81. The van der Waals surface area contributed by atoms with Crippen molar-refractivity contribution in [2.45, 2.75) is 45.1 Å². The van der Waals surface area contributed by atoms with Crippen LogP contribution in [0.3, 0.4) is 0 Å². The fraction of sp³-hybridized carbons (Fsp3) is 0.562. The Balaban J connectivity index is 1.94. The van der Waals surface area contributed by atoms with Crippen molar-refractivity contribution in [2.75, 3.05) is 6.54 Å². The lowest BCUT2D eigenvalue weighted by molar-refractivity contribution is 0.275. The normalized spacial score (nSPS) is 18.8. The average Bonchev–Trinajstić information content (AvgIpc) is 2.89. The Morgan fingerprint density at radius 3 is 2.95 bits per heavy atom. The highest BCUT2D eigenvalue weighted by Gasteiger charge is 2.26. The average molecular weight is 257 g/mol. The molecule has 0 radical (unpaired) electrons. The lowest BCUT2D eigenvalue weighted by Crippen LogP contribution is -2.29. The largest absolute Gasteiger partial charge is 0.310 e. The summed E-state index contributed by atoms with van der Waals surface area (Å²) in [5.41, 5.74) is 2.62. The van der Waals surface area contributed by atoms with Gasteiger partial charge in [0.25, 0.3) is 0 Å². The maximum Gasteiger partial charge on any atom is 0.0709 e. The van der Waals surface area contributed by atoms with E-state index < -0.39 is 0 Å². The first-order chi connectivity index (χ1) is 9.40. The van der Waals surface area contributed by atoms with E-state index in [4.69, 9.17) is 0 Å². The van der Waals surface area contributed by atoms with Gasteiger partial charge >= 0.3 is 0 Å². The van der Waals surface area contributed by atoms with Gasteiger partial charge in [0.15, 0.2) is 0 Å². The topological polar surface area (TPSA) is 29.3 Å². The van der Waals surface area contributed by atoms with Gasteiger partial charge in [-0.1, -0.05) is 32.3 Å². The number of nitrogens with zero attached hydrogens (tertiary/aromatic N) is 2. The quantitative estimate of drug-likeness (QED) is 0.907. The zero-order valence-electron chi connectivity index (χ0n) is 11.7. The SMILES string of the molecule is CCNC(c1cnn2ccccc12)C1CCCCC1. The summed E-state index contributed by atoms with van der Waals surface area (Å²) >= 11 is 0. The molecule has 0 saturated heterocycles. The minimum Gasteiger partial charge on any atom is -0.310 e. The van der Waals surface area contributed by atoms with E-state index in [1.165, 1.54) is 43.2 Å². The molecule has 1 unspecified atom stereocenters. The van der Waals surface area contributed by atoms with Crippen molar-refractivity contribution in [3.05, 3.63) is 36.2 Å². The Labute approximate surface area is 115 Å². The van der Waals surface area contributed by atoms with Crippen LogP contribution in [0.25, 0.3) is 5.52 Å². The molecule has 19 heavy (non-hydrogen) atoms. The van der Waals surface area contributed by atoms with Gasteiger partial charge in [-0.15, -0.1) is 0 Å². The van der Waals surface area contributed by atoms with Crippen LogP contribution in [0.15, 0.2) is 30.6 Å². The summed E-state index contributed by atoms with van der Waals surface area (Å²) in [5, 5.41) is 8.19. The number of nitrogens with one attached hydrogen (secondary N) is 1. The van der Waals surface area contributed by atoms with Gasteiger partial charge in [0.05, 0.1) is 11.7 Å². The molecular weight excluding hydrogens is 234 g/mol. The van der Waals surface area contributed by atoms with Crippen LogP contribution in [0.5, 0.6) is 0 Å². The summed E-state index contributed by atoms with van der Waals surface area (Å²) in [5.74, 6) is 0.766. The summed E-state index contributed by atoms with van der Waals surface area (Å²) in [6.07, 6.45) is 10.9. The van der Waals surface area contributed by atoms with Crippen LogP contribution in [0.4, 0.5) is 0 Å². The summed E-state index contributed by atoms with van der Waals surface area (Å²) in [6.45, 7) is 3.22. The predicted octanol–water partition coefficient (Wildman–Crippen LogP) is 3.57. The van der Waals surface area contributed by atoms with E-state index in [1.54, 1.807) is 0 Å². The van der Waals surface area contributed by atoms with Crippen molar-refractivity contribution in [1.82, 2.24) is 14.9 Å². The third-order valence-corrected chi connectivity index (χ3v) is 4.34. The van der Waals surface area contributed by atoms with Gasteiger partial charge in [-0.2, -0.15) is 5.10 Å². The zero-order valence-corrected chi connectivity index (χ0v) is 11.7. The van der Waals surface area contributed by atoms with E-state index in [0.717, 1.165) is 12.5 Å². The Hall–Kier alpha value is -1.35. The molecule has 2 heterocycles. The van der Waals surface area contributed by atoms with Crippen LogP contribution >= 0.6 is 0 Å².